The molecule has 0 saturated carbocycles. The number of hydrogen-bond donors (Lipinski definition) is 0. The molecule has 0 aromatic rings. The van der Waals surface area contributed by atoms with E-state index < -0.39 is 0 Å². The van der Waals surface area contributed by atoms with Gasteiger partial charge < -0.3 is 44.6 Å². The second kappa shape index (κ2) is 70.8. The summed E-state index contributed by atoms with van der Waals surface area (Å²) in [6.45, 7) is 76.6. The summed E-state index contributed by atoms with van der Waals surface area (Å²) in [6.07, 6.45) is 12.2. The summed E-state index contributed by atoms with van der Waals surface area (Å²) in [6, 6.07) is 0. The topological polar surface area (TPSA) is 0 Å². The van der Waals surface area contributed by atoms with Crippen LogP contribution < -0.4 is 0 Å². The van der Waals surface area contributed by atoms with Gasteiger partial charge >= 0.3 is 117 Å². The minimum Gasteiger partial charge on any atom is -0.358 e. The molecule has 0 aromatic carbocycles. The van der Waals surface area contributed by atoms with Crippen LogP contribution in [0, 0.1) is 150 Å². The monoisotopic (exact) mass is 1550 g/mol. The van der Waals surface area contributed by atoms with E-state index in [0.29, 0.717) is 16.2 Å². The Hall–Kier alpha value is 3.74. The predicted molar refractivity (Wildman–Crippen MR) is 327 cm³/mol. The van der Waals surface area contributed by atoms with Crippen LogP contribution in [0.5, 0.6) is 0 Å². The van der Waals surface area contributed by atoms with E-state index in [0.717, 1.165) is 88.8 Å². The number of hydrogen-bond acceptors (Lipinski definition) is 0. The Morgan fingerprint density at radius 1 is 0.236 bits per heavy atom. The fourth-order valence-electron chi connectivity index (χ4n) is 6.44. The largest absolute Gasteiger partial charge is 1.00 e. The summed E-state index contributed by atoms with van der Waals surface area (Å²) < 4.78 is 0. The van der Waals surface area contributed by atoms with E-state index in [9.17, 15) is 0 Å². The van der Waals surface area contributed by atoms with Crippen molar-refractivity contribution in [1.82, 2.24) is 0 Å². The van der Waals surface area contributed by atoms with Crippen molar-refractivity contribution in [2.75, 3.05) is 0 Å². The van der Waals surface area contributed by atoms with Gasteiger partial charge in [-0.3, -0.25) is 0 Å². The van der Waals surface area contributed by atoms with E-state index in [1.165, 1.54) is 57.8 Å². The Morgan fingerprint density at radius 3 is 0.542 bits per heavy atom. The van der Waals surface area contributed by atoms with Gasteiger partial charge in [-0.1, -0.05) is 248 Å². The van der Waals surface area contributed by atoms with Crippen LogP contribution in [0.3, 0.4) is 0 Å². The summed E-state index contributed by atoms with van der Waals surface area (Å²) in [7, 11) is 0. The predicted octanol–water partition coefficient (Wildman–Crippen LogP) is 25.0. The number of rotatable bonds is 18. The van der Waals surface area contributed by atoms with E-state index in [4.69, 9.17) is 0 Å². The van der Waals surface area contributed by atoms with Gasteiger partial charge in [0.05, 0.1) is 0 Å². The molecule has 0 aliphatic carbocycles. The molecular weight excluding hydrogens is 1400 g/mol. The van der Waals surface area contributed by atoms with Crippen molar-refractivity contribution in [3.8, 4) is 0 Å². The SMILES string of the molecule is CC(C)C(C)CC(C)C(C)C.CC(C)CC(C)C(C)(C)C.CC(C)CC(C)C(C)C.CC(CC(C)C(C)(C)C)C(C)(C)C.CCC(C)CC(C)C.CCC(C)CC(C)CC.[CH3-].[CH3-].[CH3-].[CH3-].[CH3-].[CH3-].[Ru+].[Ru+].[Ru+].[Ru+].[Ru+].[Ru+]. The molecule has 6 radical (unpaired) electrons. The van der Waals surface area contributed by atoms with Crippen LogP contribution in [0.4, 0.5) is 0 Å². The third-order valence-electron chi connectivity index (χ3n) is 14.7. The van der Waals surface area contributed by atoms with Gasteiger partial charge in [0.15, 0.2) is 0 Å². The molecule has 0 bridgehead atoms. The van der Waals surface area contributed by atoms with Crippen molar-refractivity contribution in [1.29, 1.82) is 0 Å². The van der Waals surface area contributed by atoms with Crippen molar-refractivity contribution in [3.05, 3.63) is 44.6 Å². The molecule has 0 nitrogen and oxygen atoms in total. The fourth-order valence-corrected chi connectivity index (χ4v) is 6.44. The fraction of sp³-hybridized carbons (Fsp3) is 0.909. The molecule has 0 spiro atoms. The normalized spacial score (nSPS) is 13.9. The smallest absolute Gasteiger partial charge is 0.358 e. The first kappa shape index (κ1) is 127. The molecule has 6 heteroatoms. The molecule has 0 N–H and O–H groups in total. The molecule has 72 heavy (non-hydrogen) atoms. The maximum absolute atomic E-state index is 2.38. The van der Waals surface area contributed by atoms with Gasteiger partial charge in [-0.05, 0) is 144 Å². The van der Waals surface area contributed by atoms with Gasteiger partial charge in [-0.15, -0.1) is 0 Å². The van der Waals surface area contributed by atoms with Crippen LogP contribution in [-0.2, 0) is 117 Å². The van der Waals surface area contributed by atoms with Crippen molar-refractivity contribution in [3.63, 3.8) is 0 Å². The average Bonchev–Trinajstić information content (AvgIpc) is 3.07. The van der Waals surface area contributed by atoms with Crippen molar-refractivity contribution >= 4 is 0 Å². The Labute approximate surface area is 547 Å². The van der Waals surface area contributed by atoms with Crippen molar-refractivity contribution in [2.45, 2.75) is 286 Å². The quantitative estimate of drug-likeness (QED) is 0.0948. The summed E-state index contributed by atoms with van der Waals surface area (Å²) in [4.78, 5) is 0. The molecule has 9 unspecified atom stereocenters. The van der Waals surface area contributed by atoms with E-state index in [2.05, 4.69) is 228 Å². The molecule has 462 valence electrons. The Bertz CT molecular complexity index is 840. The molecule has 0 aliphatic heterocycles. The van der Waals surface area contributed by atoms with Gasteiger partial charge in [0.1, 0.15) is 0 Å². The Balaban J connectivity index is -0.0000000296. The molecule has 0 aliphatic rings. The van der Waals surface area contributed by atoms with Gasteiger partial charge in [0.25, 0.3) is 0 Å². The van der Waals surface area contributed by atoms with Crippen LogP contribution in [0.15, 0.2) is 0 Å². The van der Waals surface area contributed by atoms with Crippen molar-refractivity contribution < 1.29 is 117 Å². The molecule has 0 heterocycles. The first-order chi connectivity index (χ1) is 26.7. The molecule has 0 saturated heterocycles. The molecule has 9 atom stereocenters. The van der Waals surface area contributed by atoms with Gasteiger partial charge in [0.2, 0.25) is 0 Å². The summed E-state index contributed by atoms with van der Waals surface area (Å²) in [5.74, 6) is 13.0. The van der Waals surface area contributed by atoms with Crippen molar-refractivity contribution in [2.24, 2.45) is 105 Å². The van der Waals surface area contributed by atoms with Crippen LogP contribution in [0.2, 0.25) is 0 Å². The minimum atomic E-state index is 0. The molecule has 0 rings (SSSR count). The van der Waals surface area contributed by atoms with E-state index in [1.807, 2.05) is 0 Å². The molecule has 0 amide bonds. The maximum Gasteiger partial charge on any atom is 1.00 e. The summed E-state index contributed by atoms with van der Waals surface area (Å²) in [5, 5.41) is 0. The Morgan fingerprint density at radius 2 is 0.417 bits per heavy atom. The van der Waals surface area contributed by atoms with Gasteiger partial charge in [-0.25, -0.2) is 0 Å². The zero-order valence-electron chi connectivity index (χ0n) is 57.6. The van der Waals surface area contributed by atoms with Crippen LogP contribution in [0.1, 0.15) is 286 Å². The van der Waals surface area contributed by atoms with Crippen LogP contribution in [-0.4, -0.2) is 0 Å². The first-order valence-corrected chi connectivity index (χ1v) is 26.7. The molecular formula is C66H150Ru6. The average molecular weight is 1550 g/mol. The van der Waals surface area contributed by atoms with E-state index >= 15 is 0 Å². The maximum atomic E-state index is 2.38. The van der Waals surface area contributed by atoms with E-state index in [1.54, 1.807) is 0 Å². The Kier molecular flexibility index (Phi) is 125. The van der Waals surface area contributed by atoms with Crippen LogP contribution >= 0.6 is 0 Å². The van der Waals surface area contributed by atoms with E-state index in [-0.39, 0.29) is 161 Å². The third-order valence-corrected chi connectivity index (χ3v) is 14.7. The summed E-state index contributed by atoms with van der Waals surface area (Å²) >= 11 is 0. The minimum absolute atomic E-state index is 0. The molecule has 0 aromatic heterocycles. The van der Waals surface area contributed by atoms with Gasteiger partial charge in [-0.2, -0.15) is 0 Å². The summed E-state index contributed by atoms with van der Waals surface area (Å²) in [5.41, 5.74) is 1.41. The van der Waals surface area contributed by atoms with Gasteiger partial charge in [0, 0.05) is 0 Å². The second-order valence-electron chi connectivity index (χ2n) is 26.6. The molecule has 0 fully saturated rings. The second-order valence-corrected chi connectivity index (χ2v) is 26.6. The van der Waals surface area contributed by atoms with Crippen LogP contribution in [0.25, 0.3) is 0 Å². The zero-order valence-corrected chi connectivity index (χ0v) is 68.1. The zero-order chi connectivity index (χ0) is 49.5. The standard InChI is InChI=1S/C13H28.C11H24.C10H22.2C9H20.C8H18.6CH3.6Ru/c1-10(12(3,4)5)9-11(2)13(6,7)8;1-8(2)10(5)7-11(6)9(3)4;1-8(2)7-9(3)10(4,5)6;1-7(2)6-9(5)8(3)4;1-5-8(3)7-9(4)6-2;1-5-8(4)6-7(2)3;;;;;;;;;;;;/h10-11H,9H2,1-8H3;8-11H,7H2,1-6H3;8-9H,7H2,1-6H3;7-9H,6H2,1-5H3;8-9H,5-7H2,1-4H3;7-8H,5-6H2,1-4H3;6*1H3;;;;;;/q;;;;;;6*-1;6*+1. The first-order valence-electron chi connectivity index (χ1n) is 26.7. The third kappa shape index (κ3) is 96.0.